The van der Waals surface area contributed by atoms with E-state index in [1.807, 2.05) is 36.4 Å². The van der Waals surface area contributed by atoms with Crippen molar-refractivity contribution in [1.29, 1.82) is 0 Å². The molecule has 0 aliphatic heterocycles. The number of nitrogens with zero attached hydrogens (tertiary/aromatic N) is 1. The van der Waals surface area contributed by atoms with Gasteiger partial charge in [-0.3, -0.25) is 0 Å². The van der Waals surface area contributed by atoms with E-state index in [0.29, 0.717) is 0 Å². The maximum Gasteiger partial charge on any atom is 0.152 e. The van der Waals surface area contributed by atoms with Crippen LogP contribution in [-0.4, -0.2) is 23.9 Å². The lowest BCUT2D eigenvalue weighted by atomic mass is 10.2. The molecule has 0 bridgehead atoms. The highest BCUT2D eigenvalue weighted by Gasteiger charge is 2.22. The molecule has 2 atom stereocenters. The fraction of sp³-hybridized carbons (Fsp3) is 0.400. The Morgan fingerprint density at radius 1 is 0.783 bits per heavy atom. The zero-order valence-electron chi connectivity index (χ0n) is 14.7. The predicted molar refractivity (Wildman–Crippen MR) is 94.9 cm³/mol. The molecule has 2 aromatic rings. The van der Waals surface area contributed by atoms with Crippen molar-refractivity contribution in [2.24, 2.45) is 0 Å². The summed E-state index contributed by atoms with van der Waals surface area (Å²) < 4.78 is 12.3. The Kier molecular flexibility index (Phi) is 6.05. The molecule has 2 rings (SSSR count). The summed E-state index contributed by atoms with van der Waals surface area (Å²) in [6, 6.07) is 16.2. The summed E-state index contributed by atoms with van der Waals surface area (Å²) in [5.74, 6) is 1.84. The van der Waals surface area contributed by atoms with Crippen LogP contribution in [0, 0.1) is 13.8 Å². The largest absolute Gasteiger partial charge is 0.475 e. The van der Waals surface area contributed by atoms with Crippen LogP contribution in [0.15, 0.2) is 48.5 Å². The number of hydrogen-bond donors (Lipinski definition) is 0. The first-order chi connectivity index (χ1) is 11.0. The zero-order chi connectivity index (χ0) is 16.8. The number of benzene rings is 2. The van der Waals surface area contributed by atoms with Crippen molar-refractivity contribution in [3.8, 4) is 11.5 Å². The second kappa shape index (κ2) is 8.02. The van der Waals surface area contributed by atoms with E-state index in [9.17, 15) is 0 Å². The fourth-order valence-corrected chi connectivity index (χ4v) is 2.69. The van der Waals surface area contributed by atoms with Crippen molar-refractivity contribution in [2.75, 3.05) is 6.54 Å². The molecular formula is C20H27NO2. The first kappa shape index (κ1) is 17.4. The predicted octanol–water partition coefficient (Wildman–Crippen LogP) is 4.78. The first-order valence-corrected chi connectivity index (χ1v) is 8.23. The van der Waals surface area contributed by atoms with Gasteiger partial charge in [-0.05, 0) is 51.0 Å². The van der Waals surface area contributed by atoms with E-state index in [1.54, 1.807) is 0 Å². The molecule has 0 saturated carbocycles. The molecule has 2 aromatic carbocycles. The van der Waals surface area contributed by atoms with E-state index in [1.165, 1.54) is 0 Å². The lowest BCUT2D eigenvalue weighted by Crippen LogP contribution is -2.46. The Balaban J connectivity index is 2.06. The maximum atomic E-state index is 6.13. The van der Waals surface area contributed by atoms with Gasteiger partial charge in [-0.15, -0.1) is 0 Å². The van der Waals surface area contributed by atoms with Crippen LogP contribution in [-0.2, 0) is 0 Å². The number of aryl methyl sites for hydroxylation is 2. The van der Waals surface area contributed by atoms with Crippen LogP contribution in [0.4, 0.5) is 0 Å². The monoisotopic (exact) mass is 313 g/mol. The maximum absolute atomic E-state index is 6.13. The minimum absolute atomic E-state index is 0.0693. The SMILES string of the molecule is CCN(C(C)Oc1ccccc1C)C(C)Oc1ccccc1C. The van der Waals surface area contributed by atoms with Crippen LogP contribution in [0.2, 0.25) is 0 Å². The molecule has 3 nitrogen and oxygen atoms in total. The van der Waals surface area contributed by atoms with Crippen molar-refractivity contribution in [3.63, 3.8) is 0 Å². The third-order valence-electron chi connectivity index (χ3n) is 4.08. The smallest absolute Gasteiger partial charge is 0.152 e. The van der Waals surface area contributed by atoms with E-state index >= 15 is 0 Å². The van der Waals surface area contributed by atoms with E-state index in [-0.39, 0.29) is 12.5 Å². The Labute approximate surface area is 139 Å². The average molecular weight is 313 g/mol. The fourth-order valence-electron chi connectivity index (χ4n) is 2.69. The van der Waals surface area contributed by atoms with Crippen LogP contribution < -0.4 is 9.47 Å². The molecule has 0 N–H and O–H groups in total. The summed E-state index contributed by atoms with van der Waals surface area (Å²) in [5, 5.41) is 0. The van der Waals surface area contributed by atoms with E-state index in [0.717, 1.165) is 29.2 Å². The minimum Gasteiger partial charge on any atom is -0.475 e. The third kappa shape index (κ3) is 4.49. The van der Waals surface area contributed by atoms with Gasteiger partial charge in [0.2, 0.25) is 0 Å². The van der Waals surface area contributed by atoms with Gasteiger partial charge in [-0.25, -0.2) is 4.90 Å². The molecule has 0 aliphatic carbocycles. The number of ether oxygens (including phenoxy) is 2. The Bertz CT molecular complexity index is 573. The van der Waals surface area contributed by atoms with E-state index < -0.39 is 0 Å². The quantitative estimate of drug-likeness (QED) is 0.687. The van der Waals surface area contributed by atoms with Crippen molar-refractivity contribution in [2.45, 2.75) is 47.1 Å². The molecule has 0 amide bonds. The van der Waals surface area contributed by atoms with Crippen LogP contribution in [0.25, 0.3) is 0 Å². The molecule has 0 radical (unpaired) electrons. The van der Waals surface area contributed by atoms with Gasteiger partial charge in [0, 0.05) is 6.54 Å². The van der Waals surface area contributed by atoms with Crippen LogP contribution in [0.3, 0.4) is 0 Å². The lowest BCUT2D eigenvalue weighted by molar-refractivity contribution is -0.0564. The van der Waals surface area contributed by atoms with Crippen LogP contribution in [0.5, 0.6) is 11.5 Å². The van der Waals surface area contributed by atoms with Crippen molar-refractivity contribution >= 4 is 0 Å². The number of hydrogen-bond acceptors (Lipinski definition) is 3. The van der Waals surface area contributed by atoms with Crippen LogP contribution in [0.1, 0.15) is 31.9 Å². The normalized spacial score (nSPS) is 13.7. The molecular weight excluding hydrogens is 286 g/mol. The van der Waals surface area contributed by atoms with Gasteiger partial charge in [-0.2, -0.15) is 0 Å². The number of rotatable bonds is 7. The summed E-state index contributed by atoms with van der Waals surface area (Å²) >= 11 is 0. The summed E-state index contributed by atoms with van der Waals surface area (Å²) in [7, 11) is 0. The van der Waals surface area contributed by atoms with Crippen molar-refractivity contribution < 1.29 is 9.47 Å². The average Bonchev–Trinajstić information content (AvgIpc) is 2.52. The van der Waals surface area contributed by atoms with Gasteiger partial charge in [0.15, 0.2) is 12.5 Å². The van der Waals surface area contributed by atoms with Gasteiger partial charge in [-0.1, -0.05) is 43.3 Å². The van der Waals surface area contributed by atoms with Crippen molar-refractivity contribution in [1.82, 2.24) is 4.90 Å². The van der Waals surface area contributed by atoms with Crippen molar-refractivity contribution in [3.05, 3.63) is 59.7 Å². The summed E-state index contributed by atoms with van der Waals surface area (Å²) in [5.41, 5.74) is 2.28. The molecule has 2 unspecified atom stereocenters. The molecule has 124 valence electrons. The molecule has 0 saturated heterocycles. The summed E-state index contributed by atoms with van der Waals surface area (Å²) in [6.45, 7) is 11.2. The molecule has 0 spiro atoms. The minimum atomic E-state index is -0.0693. The lowest BCUT2D eigenvalue weighted by Gasteiger charge is -2.34. The van der Waals surface area contributed by atoms with E-state index in [2.05, 4.69) is 51.7 Å². The number of para-hydroxylation sites is 2. The van der Waals surface area contributed by atoms with Gasteiger partial charge in [0.25, 0.3) is 0 Å². The van der Waals surface area contributed by atoms with Gasteiger partial charge in [0.05, 0.1) is 0 Å². The highest BCUT2D eigenvalue weighted by Crippen LogP contribution is 2.22. The molecule has 0 heterocycles. The highest BCUT2D eigenvalue weighted by molar-refractivity contribution is 5.32. The van der Waals surface area contributed by atoms with Gasteiger partial charge >= 0.3 is 0 Å². The molecule has 3 heteroatoms. The first-order valence-electron chi connectivity index (χ1n) is 8.23. The molecule has 0 fully saturated rings. The standard InChI is InChI=1S/C20H27NO2/c1-6-21(17(4)22-19-13-9-7-11-15(19)2)18(5)23-20-14-10-8-12-16(20)3/h7-14,17-18H,6H2,1-5H3. The van der Waals surface area contributed by atoms with Crippen LogP contribution >= 0.6 is 0 Å². The van der Waals surface area contributed by atoms with E-state index in [4.69, 9.17) is 9.47 Å². The second-order valence-corrected chi connectivity index (χ2v) is 5.80. The Morgan fingerprint density at radius 2 is 1.17 bits per heavy atom. The third-order valence-corrected chi connectivity index (χ3v) is 4.08. The Morgan fingerprint density at radius 3 is 1.52 bits per heavy atom. The molecule has 0 aliphatic rings. The molecule has 23 heavy (non-hydrogen) atoms. The summed E-state index contributed by atoms with van der Waals surface area (Å²) in [6.07, 6.45) is -0.139. The molecule has 0 aromatic heterocycles. The topological polar surface area (TPSA) is 21.7 Å². The Hall–Kier alpha value is -2.00. The van der Waals surface area contributed by atoms with Gasteiger partial charge in [0.1, 0.15) is 11.5 Å². The zero-order valence-corrected chi connectivity index (χ0v) is 14.7. The van der Waals surface area contributed by atoms with Gasteiger partial charge < -0.3 is 9.47 Å². The highest BCUT2D eigenvalue weighted by atomic mass is 16.5. The second-order valence-electron chi connectivity index (χ2n) is 5.80. The summed E-state index contributed by atoms with van der Waals surface area (Å²) in [4.78, 5) is 2.19.